The second kappa shape index (κ2) is 12.3. The summed E-state index contributed by atoms with van der Waals surface area (Å²) in [7, 11) is 0. The van der Waals surface area contributed by atoms with Crippen LogP contribution in [0.15, 0.2) is 72.8 Å². The molecule has 3 aromatic rings. The number of halogens is 3. The van der Waals surface area contributed by atoms with E-state index in [-0.39, 0.29) is 17.9 Å². The minimum absolute atomic E-state index is 0.0187. The second-order valence-corrected chi connectivity index (χ2v) is 9.81. The molecule has 0 radical (unpaired) electrons. The summed E-state index contributed by atoms with van der Waals surface area (Å²) in [4.78, 5) is 33.7. The number of anilines is 4. The zero-order chi connectivity index (χ0) is 29.0. The zero-order valence-corrected chi connectivity index (χ0v) is 22.7. The first kappa shape index (κ1) is 28.6. The van der Waals surface area contributed by atoms with Gasteiger partial charge in [-0.15, -0.1) is 0 Å². The van der Waals surface area contributed by atoms with Gasteiger partial charge in [0.15, 0.2) is 0 Å². The van der Waals surface area contributed by atoms with Crippen LogP contribution in [0.3, 0.4) is 0 Å². The summed E-state index contributed by atoms with van der Waals surface area (Å²) < 4.78 is 46.5. The molecule has 1 N–H and O–H groups in total. The fourth-order valence-corrected chi connectivity index (χ4v) is 5.03. The van der Waals surface area contributed by atoms with Crippen LogP contribution in [0, 0.1) is 0 Å². The van der Waals surface area contributed by atoms with Gasteiger partial charge in [-0.05, 0) is 55.0 Å². The first-order valence-electron chi connectivity index (χ1n) is 13.6. The van der Waals surface area contributed by atoms with E-state index in [0.29, 0.717) is 17.9 Å². The molecule has 1 saturated heterocycles. The van der Waals surface area contributed by atoms with Gasteiger partial charge in [-0.2, -0.15) is 13.2 Å². The van der Waals surface area contributed by atoms with Gasteiger partial charge in [-0.1, -0.05) is 30.3 Å². The van der Waals surface area contributed by atoms with Crippen LogP contribution in [0.5, 0.6) is 0 Å². The van der Waals surface area contributed by atoms with Crippen molar-refractivity contribution in [2.45, 2.75) is 19.6 Å². The number of ether oxygens (including phenoxy) is 1. The maximum Gasteiger partial charge on any atom is 0.416 e. The van der Waals surface area contributed by atoms with E-state index in [9.17, 15) is 22.8 Å². The van der Waals surface area contributed by atoms with Gasteiger partial charge in [-0.25, -0.2) is 14.5 Å². The molecule has 0 bridgehead atoms. The maximum absolute atomic E-state index is 14.1. The minimum atomic E-state index is -4.63. The van der Waals surface area contributed by atoms with Gasteiger partial charge in [0.1, 0.15) is 0 Å². The number of alkyl halides is 3. The number of hydrogen-bond donors (Lipinski definition) is 1. The van der Waals surface area contributed by atoms with Gasteiger partial charge in [-0.3, -0.25) is 14.7 Å². The number of para-hydroxylation sites is 1. The summed E-state index contributed by atoms with van der Waals surface area (Å²) in [6, 6.07) is 17.1. The number of hydrogen-bond acceptors (Lipinski definition) is 5. The van der Waals surface area contributed by atoms with Gasteiger partial charge in [0.25, 0.3) is 0 Å². The Balaban J connectivity index is 1.43. The predicted molar refractivity (Wildman–Crippen MR) is 152 cm³/mol. The Morgan fingerprint density at radius 2 is 1.51 bits per heavy atom. The van der Waals surface area contributed by atoms with E-state index in [1.165, 1.54) is 15.9 Å². The molecule has 0 spiro atoms. The fraction of sp³-hybridized carbons (Fsp3) is 0.333. The summed E-state index contributed by atoms with van der Waals surface area (Å²) in [6.45, 7) is 7.53. The molecule has 8 nitrogen and oxygen atoms in total. The van der Waals surface area contributed by atoms with Crippen LogP contribution in [0.2, 0.25) is 0 Å². The van der Waals surface area contributed by atoms with Crippen molar-refractivity contribution >= 4 is 34.8 Å². The summed E-state index contributed by atoms with van der Waals surface area (Å²) in [5.41, 5.74) is 0.916. The molecule has 1 fully saturated rings. The lowest BCUT2D eigenvalue weighted by Crippen LogP contribution is -2.48. The third-order valence-corrected chi connectivity index (χ3v) is 7.20. The summed E-state index contributed by atoms with van der Waals surface area (Å²) in [5.74, 6) is 0. The Hall–Kier alpha value is -3.93. The van der Waals surface area contributed by atoms with Crippen molar-refractivity contribution in [3.05, 3.63) is 83.9 Å². The van der Waals surface area contributed by atoms with E-state index in [2.05, 4.69) is 10.2 Å². The average molecular weight is 568 g/mol. The van der Waals surface area contributed by atoms with Crippen LogP contribution < -0.4 is 20.0 Å². The molecule has 4 amide bonds. The van der Waals surface area contributed by atoms with Crippen molar-refractivity contribution in [1.82, 2.24) is 10.2 Å². The highest BCUT2D eigenvalue weighted by Gasteiger charge is 2.41. The van der Waals surface area contributed by atoms with Crippen molar-refractivity contribution in [3.8, 4) is 0 Å². The third kappa shape index (κ3) is 6.22. The van der Waals surface area contributed by atoms with Crippen LogP contribution >= 0.6 is 0 Å². The van der Waals surface area contributed by atoms with E-state index in [4.69, 9.17) is 4.74 Å². The van der Waals surface area contributed by atoms with Crippen LogP contribution in [-0.2, 0) is 17.5 Å². The van der Waals surface area contributed by atoms with Gasteiger partial charge in [0.05, 0.1) is 41.5 Å². The summed E-state index contributed by atoms with van der Waals surface area (Å²) in [5, 5.41) is 3.41. The average Bonchev–Trinajstić information content (AvgIpc) is 3.06. The molecule has 3 aromatic carbocycles. The smallest absolute Gasteiger partial charge is 0.379 e. The second-order valence-electron chi connectivity index (χ2n) is 9.81. The number of nitrogens with zero attached hydrogens (tertiary/aromatic N) is 4. The number of imide groups is 1. The van der Waals surface area contributed by atoms with Gasteiger partial charge in [0.2, 0.25) is 0 Å². The lowest BCUT2D eigenvalue weighted by atomic mass is 10.1. The molecule has 0 atom stereocenters. The molecule has 0 saturated carbocycles. The van der Waals surface area contributed by atoms with E-state index in [1.807, 2.05) is 12.1 Å². The largest absolute Gasteiger partial charge is 0.416 e. The topological polar surface area (TPSA) is 68.4 Å². The molecule has 41 heavy (non-hydrogen) atoms. The van der Waals surface area contributed by atoms with Crippen LogP contribution in [0.4, 0.5) is 45.5 Å². The van der Waals surface area contributed by atoms with Crippen LogP contribution in [-0.4, -0.2) is 62.9 Å². The summed E-state index contributed by atoms with van der Waals surface area (Å²) in [6.07, 6.45) is -4.63. The number of rotatable bonds is 8. The SMILES string of the molecule is CCN1C(=O)N(c2ccc(CNCCN3CCOCC3)cc2)C(=O)N(c2ccccc2)c2cc(C(F)(F)F)ccc21. The number of benzene rings is 3. The van der Waals surface area contributed by atoms with Gasteiger partial charge >= 0.3 is 18.2 Å². The first-order valence-corrected chi connectivity index (χ1v) is 13.6. The van der Waals surface area contributed by atoms with E-state index in [0.717, 1.165) is 62.0 Å². The van der Waals surface area contributed by atoms with E-state index >= 15 is 0 Å². The molecule has 0 unspecified atom stereocenters. The number of carbonyl (C=O) groups is 2. The van der Waals surface area contributed by atoms with Crippen LogP contribution in [0.25, 0.3) is 0 Å². The molecular weight excluding hydrogens is 535 g/mol. The molecular formula is C30H32F3N5O3. The third-order valence-electron chi connectivity index (χ3n) is 7.20. The van der Waals surface area contributed by atoms with Crippen molar-refractivity contribution in [2.75, 3.05) is 60.6 Å². The predicted octanol–water partition coefficient (Wildman–Crippen LogP) is 5.85. The number of morpholine rings is 1. The highest BCUT2D eigenvalue weighted by molar-refractivity contribution is 6.28. The molecule has 2 aliphatic rings. The normalized spacial score (nSPS) is 16.6. The highest BCUT2D eigenvalue weighted by atomic mass is 19.4. The number of urea groups is 2. The lowest BCUT2D eigenvalue weighted by molar-refractivity contribution is -0.137. The number of fused-ring (bicyclic) bond motifs is 1. The van der Waals surface area contributed by atoms with Gasteiger partial charge in [0, 0.05) is 39.3 Å². The van der Waals surface area contributed by atoms with Crippen molar-refractivity contribution in [3.63, 3.8) is 0 Å². The quantitative estimate of drug-likeness (QED) is 0.346. The zero-order valence-electron chi connectivity index (χ0n) is 22.7. The van der Waals surface area contributed by atoms with Gasteiger partial charge < -0.3 is 10.1 Å². The summed E-state index contributed by atoms with van der Waals surface area (Å²) >= 11 is 0. The maximum atomic E-state index is 14.1. The van der Waals surface area contributed by atoms with Crippen molar-refractivity contribution < 1.29 is 27.5 Å². The molecule has 11 heteroatoms. The monoisotopic (exact) mass is 567 g/mol. The molecule has 5 rings (SSSR count). The number of amides is 4. The minimum Gasteiger partial charge on any atom is -0.379 e. The number of nitrogens with one attached hydrogen (secondary N) is 1. The lowest BCUT2D eigenvalue weighted by Gasteiger charge is -2.27. The van der Waals surface area contributed by atoms with Crippen molar-refractivity contribution in [1.29, 1.82) is 0 Å². The molecule has 2 aliphatic heterocycles. The molecule has 0 aromatic heterocycles. The Morgan fingerprint density at radius 1 is 0.829 bits per heavy atom. The molecule has 2 heterocycles. The molecule has 216 valence electrons. The Labute approximate surface area is 236 Å². The highest BCUT2D eigenvalue weighted by Crippen LogP contribution is 2.43. The Kier molecular flexibility index (Phi) is 8.57. The Morgan fingerprint density at radius 3 is 2.17 bits per heavy atom. The Bertz CT molecular complexity index is 1360. The van der Waals surface area contributed by atoms with E-state index < -0.39 is 23.8 Å². The standard InChI is InChI=1S/C30H32F3N5O3/c1-2-36-26-13-10-23(30(31,32)33)20-27(26)37(24-6-4-3-5-7-24)29(40)38(28(36)39)25-11-8-22(9-12-25)21-34-14-15-35-16-18-41-19-17-35/h3-13,20,34H,2,14-19,21H2,1H3. The number of carbonyl (C=O) groups excluding carboxylic acids is 2. The van der Waals surface area contributed by atoms with Crippen molar-refractivity contribution in [2.24, 2.45) is 0 Å². The first-order chi connectivity index (χ1) is 19.8. The van der Waals surface area contributed by atoms with E-state index in [1.54, 1.807) is 49.4 Å². The fourth-order valence-electron chi connectivity index (χ4n) is 5.03. The van der Waals surface area contributed by atoms with Crippen LogP contribution in [0.1, 0.15) is 18.1 Å². The molecule has 0 aliphatic carbocycles.